The molecule has 0 saturated carbocycles. The number of methoxy groups -OCH3 is 3. The lowest BCUT2D eigenvalue weighted by Crippen LogP contribution is -2.16. The number of rotatable bonds is 19. The Morgan fingerprint density at radius 2 is 0.939 bits per heavy atom. The number of fused-ring (bicyclic) bond motifs is 7. The van der Waals surface area contributed by atoms with Gasteiger partial charge in [-0.25, -0.2) is 0 Å². The van der Waals surface area contributed by atoms with Gasteiger partial charge in [0.2, 0.25) is 24.4 Å². The molecule has 0 saturated heterocycles. The van der Waals surface area contributed by atoms with Gasteiger partial charge in [-0.3, -0.25) is 34.6 Å². The van der Waals surface area contributed by atoms with Crippen LogP contribution in [0.15, 0.2) is 223 Å². The van der Waals surface area contributed by atoms with E-state index in [9.17, 15) is 55.7 Å². The van der Waals surface area contributed by atoms with Gasteiger partial charge in [0.25, 0.3) is 23.2 Å². The summed E-state index contributed by atoms with van der Waals surface area (Å²) in [6.07, 6.45) is 8.77. The van der Waals surface area contributed by atoms with E-state index in [1.807, 2.05) is 191 Å². The third-order valence-electron chi connectivity index (χ3n) is 22.0. The molecule has 0 unspecified atom stereocenters. The summed E-state index contributed by atoms with van der Waals surface area (Å²) in [7, 11) is 4.91. The molecule has 32 heteroatoms. The van der Waals surface area contributed by atoms with Crippen LogP contribution >= 0.6 is 0 Å². The molecular formula is C99H89N19O13. The number of carbonyl (C=O) groups excluding carboxylic acids is 3. The van der Waals surface area contributed by atoms with Crippen LogP contribution in [0, 0.1) is 90.7 Å². The van der Waals surface area contributed by atoms with E-state index in [1.165, 1.54) is 43.3 Å². The van der Waals surface area contributed by atoms with Crippen molar-refractivity contribution in [3.05, 3.63) is 295 Å². The number of aryl methyl sites for hydroxylation is 7. The number of benzene rings is 9. The molecule has 0 aliphatic carbocycles. The van der Waals surface area contributed by atoms with Crippen molar-refractivity contribution in [3.8, 4) is 81.9 Å². The number of non-ortho nitro benzene ring substituents is 2. The SMILES string of the molecule is CCc1nc(-c2cn(CC)c3cc(OC)ccc23)no1.CCn1c(NC(=O)c2cccc(C)c2)c(C#N)c2ccc(OC)cc21.CCn1c(NC(=O)c2ccccc2)c(C#N)c2ccc([N+](=O)[O-])cc21.CCn1c(NC(C)=O)c(C#N)c2ccc([N+](=O)[O-])cc21.CCn1cc(C#N)c2ccc(-n3cccc3)cc21.COc1ccc2c(C#N)c(C)n(-c3ccc4c(c3)OCO4)c2c1. The van der Waals surface area contributed by atoms with Crippen molar-refractivity contribution < 1.29 is 52.4 Å². The Hall–Kier alpha value is -17.7. The first-order valence-corrected chi connectivity index (χ1v) is 41.7. The molecule has 0 spiro atoms. The Morgan fingerprint density at radius 3 is 1.44 bits per heavy atom. The summed E-state index contributed by atoms with van der Waals surface area (Å²) in [6.45, 7) is 20.6. The van der Waals surface area contributed by atoms with Gasteiger partial charge < -0.3 is 76.1 Å². The van der Waals surface area contributed by atoms with E-state index >= 15 is 0 Å². The standard InChI is InChI=1S/C20H19N3O2.C18H14N4O3.C18H14N2O3.C15H17N3O2.C15H13N3.C13H12N4O3/c1-4-23-18-11-15(25-3)8-9-16(18)17(12-21)19(23)22-20(24)14-7-5-6-13(2)10-14;1-2-21-16-10-13(22(24)25)8-9-14(16)15(11-19)17(21)20-18(23)12-6-4-3-5-7-12;1-11-15(9-19)14-5-4-13(21-2)8-16(14)20(11)12-3-6-17-18(7-12)23-10-22-17;1-4-14-16-15(17-20-14)12-9-18(5-2)13-8-10(19-3)6-7-11(12)13;1-2-17-11-12(10-16)14-6-5-13(9-15(14)17)18-7-3-4-8-18;1-3-16-12-6-9(17(19)20)4-5-10(12)11(7-14)13(16)15-8(2)18/h5-11H,4H2,1-3H3,(H,22,24);3-10H,2H2,1H3,(H,20,23);3-8H,10H2,1-2H3;6-9H,4-5H2,1-3H3;3-9,11H,2H2,1H3;4-6H,3H2,1-2H3,(H,15,18). The molecule has 32 nitrogen and oxygen atoms in total. The van der Waals surface area contributed by atoms with Gasteiger partial charge in [-0.15, -0.1) is 0 Å². The highest BCUT2D eigenvalue weighted by Crippen LogP contribution is 2.41. The Kier molecular flexibility index (Phi) is 28.1. The van der Waals surface area contributed by atoms with E-state index in [-0.39, 0.29) is 41.5 Å². The summed E-state index contributed by atoms with van der Waals surface area (Å²) >= 11 is 0. The van der Waals surface area contributed by atoms with Crippen LogP contribution in [-0.2, 0) is 43.9 Å². The number of nitrogens with zero attached hydrogens (tertiary/aromatic N) is 16. The lowest BCUT2D eigenvalue weighted by Gasteiger charge is -2.10. The summed E-state index contributed by atoms with van der Waals surface area (Å²) < 4.78 is 45.6. The van der Waals surface area contributed by atoms with Gasteiger partial charge in [0.15, 0.2) is 11.5 Å². The monoisotopic (exact) mass is 1750 g/mol. The first-order chi connectivity index (χ1) is 63.5. The van der Waals surface area contributed by atoms with Crippen molar-refractivity contribution in [1.29, 1.82) is 26.3 Å². The van der Waals surface area contributed by atoms with Gasteiger partial charge in [-0.2, -0.15) is 31.3 Å². The molecule has 0 fully saturated rings. The van der Waals surface area contributed by atoms with E-state index in [4.69, 9.17) is 33.5 Å². The summed E-state index contributed by atoms with van der Waals surface area (Å²) in [5.74, 6) is 5.41. The lowest BCUT2D eigenvalue weighted by atomic mass is 10.1. The lowest BCUT2D eigenvalue weighted by molar-refractivity contribution is -0.384. The maximum atomic E-state index is 12.6. The Balaban J connectivity index is 0.000000134. The number of nitro groups is 2. The fourth-order valence-electron chi connectivity index (χ4n) is 15.6. The van der Waals surface area contributed by atoms with Gasteiger partial charge in [0, 0.05) is 185 Å². The highest BCUT2D eigenvalue weighted by molar-refractivity contribution is 6.09. The van der Waals surface area contributed by atoms with Crippen molar-refractivity contribution >= 4 is 112 Å². The quantitative estimate of drug-likeness (QED) is 0.0500. The van der Waals surface area contributed by atoms with Gasteiger partial charge in [-0.05, 0) is 164 Å². The van der Waals surface area contributed by atoms with E-state index in [0.29, 0.717) is 110 Å². The molecule has 0 bridgehead atoms. The molecule has 0 radical (unpaired) electrons. The van der Waals surface area contributed by atoms with E-state index in [1.54, 1.807) is 66.9 Å². The molecule has 9 aromatic carbocycles. The number of anilines is 3. The number of aromatic nitrogens is 9. The molecular weight excluding hydrogens is 1660 g/mol. The van der Waals surface area contributed by atoms with Crippen molar-refractivity contribution in [1.82, 2.24) is 42.1 Å². The van der Waals surface area contributed by atoms with Crippen LogP contribution in [-0.4, -0.2) is 97.8 Å². The van der Waals surface area contributed by atoms with E-state index in [0.717, 1.165) is 114 Å². The number of nitro benzene ring substituents is 2. The minimum atomic E-state index is -0.490. The molecule has 3 amide bonds. The number of carbonyl (C=O) groups is 3. The fraction of sp³-hybridized carbons (Fsp3) is 0.192. The predicted octanol–water partition coefficient (Wildman–Crippen LogP) is 20.3. The van der Waals surface area contributed by atoms with Crippen LogP contribution in [0.25, 0.3) is 88.2 Å². The first kappa shape index (κ1) is 91.0. The van der Waals surface area contributed by atoms with Crippen LogP contribution in [0.1, 0.15) is 114 Å². The average Bonchev–Trinajstić information content (AvgIpc) is 1.62. The number of hydrogen-bond acceptors (Lipinski definition) is 20. The van der Waals surface area contributed by atoms with Gasteiger partial charge in [0.05, 0.1) is 75.4 Å². The smallest absolute Gasteiger partial charge is 0.271 e. The fourth-order valence-corrected chi connectivity index (χ4v) is 15.6. The van der Waals surface area contributed by atoms with Gasteiger partial charge >= 0.3 is 0 Å². The van der Waals surface area contributed by atoms with Crippen LogP contribution < -0.4 is 39.6 Å². The van der Waals surface area contributed by atoms with Crippen molar-refractivity contribution in [3.63, 3.8) is 0 Å². The van der Waals surface area contributed by atoms with Crippen LogP contribution in [0.4, 0.5) is 28.8 Å². The number of nitrogens with one attached hydrogen (secondary N) is 3. The zero-order valence-corrected chi connectivity index (χ0v) is 73.7. The zero-order chi connectivity index (χ0) is 93.4. The molecule has 8 aromatic heterocycles. The summed E-state index contributed by atoms with van der Waals surface area (Å²) in [5, 5.41) is 86.3. The number of hydrogen-bond donors (Lipinski definition) is 3. The average molecular weight is 1750 g/mol. The third kappa shape index (κ3) is 18.8. The van der Waals surface area contributed by atoms with E-state index in [2.05, 4.69) is 90.2 Å². The normalized spacial score (nSPS) is 10.9. The van der Waals surface area contributed by atoms with Crippen molar-refractivity contribution in [2.75, 3.05) is 44.1 Å². The molecule has 131 heavy (non-hydrogen) atoms. The highest BCUT2D eigenvalue weighted by Gasteiger charge is 2.27. The summed E-state index contributed by atoms with van der Waals surface area (Å²) in [5.41, 5.74) is 13.4. The van der Waals surface area contributed by atoms with Crippen molar-refractivity contribution in [2.24, 2.45) is 0 Å². The molecule has 1 aliphatic heterocycles. The Labute approximate surface area is 751 Å². The topological polar surface area (TPSA) is 412 Å². The molecule has 18 rings (SSSR count). The second kappa shape index (κ2) is 40.5. The highest BCUT2D eigenvalue weighted by atomic mass is 16.7. The van der Waals surface area contributed by atoms with Crippen LogP contribution in [0.5, 0.6) is 28.7 Å². The molecule has 0 atom stereocenters. The molecule has 658 valence electrons. The molecule has 9 heterocycles. The molecule has 1 aliphatic rings. The molecule has 3 N–H and O–H groups in total. The third-order valence-corrected chi connectivity index (χ3v) is 22.0. The minimum Gasteiger partial charge on any atom is -0.497 e. The first-order valence-electron chi connectivity index (χ1n) is 41.7. The van der Waals surface area contributed by atoms with E-state index < -0.39 is 9.85 Å². The number of ether oxygens (including phenoxy) is 5. The van der Waals surface area contributed by atoms with Crippen LogP contribution in [0.2, 0.25) is 0 Å². The van der Waals surface area contributed by atoms with Gasteiger partial charge in [-0.1, -0.05) is 48.0 Å². The second-order valence-electron chi connectivity index (χ2n) is 29.5. The Morgan fingerprint density at radius 1 is 0.466 bits per heavy atom. The minimum absolute atomic E-state index is 0.0523. The Bertz CT molecular complexity index is 7470. The zero-order valence-electron chi connectivity index (χ0n) is 73.7. The largest absolute Gasteiger partial charge is 0.497 e. The van der Waals surface area contributed by atoms with Crippen molar-refractivity contribution in [2.45, 2.75) is 101 Å². The molecule has 17 aromatic rings. The second-order valence-corrected chi connectivity index (χ2v) is 29.5. The summed E-state index contributed by atoms with van der Waals surface area (Å²) in [4.78, 5) is 61.7. The summed E-state index contributed by atoms with van der Waals surface area (Å²) in [6, 6.07) is 68.8. The predicted molar refractivity (Wildman–Crippen MR) is 499 cm³/mol. The number of amides is 3. The van der Waals surface area contributed by atoms with Crippen LogP contribution in [0.3, 0.4) is 0 Å². The number of nitriles is 5. The maximum Gasteiger partial charge on any atom is 0.271 e. The van der Waals surface area contributed by atoms with Gasteiger partial charge in [0.1, 0.15) is 81.7 Å². The maximum absolute atomic E-state index is 12.6.